The van der Waals surface area contributed by atoms with Gasteiger partial charge in [0, 0.05) is 30.3 Å². The van der Waals surface area contributed by atoms with E-state index >= 15 is 0 Å². The summed E-state index contributed by atoms with van der Waals surface area (Å²) < 4.78 is 34.7. The second-order valence-corrected chi connectivity index (χ2v) is 10.9. The second-order valence-electron chi connectivity index (χ2n) is 10.9. The van der Waals surface area contributed by atoms with Gasteiger partial charge in [-0.1, -0.05) is 12.1 Å². The molecule has 2 amide bonds. The van der Waals surface area contributed by atoms with Crippen LogP contribution in [0.15, 0.2) is 42.5 Å². The van der Waals surface area contributed by atoms with Gasteiger partial charge in [-0.05, 0) is 94.8 Å². The van der Waals surface area contributed by atoms with Crippen molar-refractivity contribution in [2.24, 2.45) is 11.7 Å². The lowest BCUT2D eigenvalue weighted by molar-refractivity contribution is -0.123. The molecule has 1 atom stereocenters. The third-order valence-electron chi connectivity index (χ3n) is 7.27. The minimum absolute atomic E-state index is 0.237. The van der Waals surface area contributed by atoms with Crippen molar-refractivity contribution in [2.75, 3.05) is 32.8 Å². The van der Waals surface area contributed by atoms with Gasteiger partial charge in [-0.15, -0.1) is 0 Å². The molecular weight excluding hydrogens is 476 g/mol. The molecule has 2 fully saturated rings. The van der Waals surface area contributed by atoms with Crippen LogP contribution in [0.3, 0.4) is 0 Å². The Morgan fingerprint density at radius 3 is 2.35 bits per heavy atom. The number of piperidine rings is 2. The topological polar surface area (TPSA) is 75.9 Å². The molecule has 8 heteroatoms. The molecule has 2 aliphatic rings. The first-order valence-corrected chi connectivity index (χ1v) is 13.1. The molecule has 0 spiro atoms. The van der Waals surface area contributed by atoms with Gasteiger partial charge in [-0.2, -0.15) is 0 Å². The quantitative estimate of drug-likeness (QED) is 0.550. The van der Waals surface area contributed by atoms with Gasteiger partial charge >= 0.3 is 0 Å². The fourth-order valence-electron chi connectivity index (χ4n) is 5.31. The Labute approximate surface area is 217 Å². The summed E-state index contributed by atoms with van der Waals surface area (Å²) in [6.45, 7) is 6.33. The van der Waals surface area contributed by atoms with Crippen molar-refractivity contribution in [1.29, 1.82) is 0 Å². The Kier molecular flexibility index (Phi) is 8.47. The van der Waals surface area contributed by atoms with Crippen LogP contribution < -0.4 is 10.5 Å². The Morgan fingerprint density at radius 2 is 1.73 bits per heavy atom. The Hall–Kier alpha value is -3.00. The number of halogens is 2. The summed E-state index contributed by atoms with van der Waals surface area (Å²) in [6, 6.07) is 11.0. The summed E-state index contributed by atoms with van der Waals surface area (Å²) in [5.74, 6) is -0.288. The monoisotopic (exact) mass is 513 g/mol. The maximum absolute atomic E-state index is 15.0. The van der Waals surface area contributed by atoms with Crippen LogP contribution in [-0.4, -0.2) is 66.1 Å². The maximum atomic E-state index is 15.0. The molecule has 0 unspecified atom stereocenters. The second kappa shape index (κ2) is 11.6. The largest absolute Gasteiger partial charge is 0.493 e. The first-order valence-electron chi connectivity index (χ1n) is 13.1. The highest BCUT2D eigenvalue weighted by molar-refractivity contribution is 5.97. The van der Waals surface area contributed by atoms with Crippen molar-refractivity contribution < 1.29 is 23.1 Å². The average Bonchev–Trinajstić information content (AvgIpc) is 2.87. The van der Waals surface area contributed by atoms with Gasteiger partial charge in [0.05, 0.1) is 6.61 Å². The fourth-order valence-corrected chi connectivity index (χ4v) is 5.31. The lowest BCUT2D eigenvalue weighted by Crippen LogP contribution is -2.50. The summed E-state index contributed by atoms with van der Waals surface area (Å²) in [6.07, 6.45) is 4.14. The zero-order valence-electron chi connectivity index (χ0n) is 21.7. The lowest BCUT2D eigenvalue weighted by atomic mass is 9.96. The lowest BCUT2D eigenvalue weighted by Gasteiger charge is -2.34. The van der Waals surface area contributed by atoms with Crippen LogP contribution in [0.4, 0.5) is 8.78 Å². The number of amides is 2. The highest BCUT2D eigenvalue weighted by atomic mass is 19.1. The zero-order valence-corrected chi connectivity index (χ0v) is 21.7. The van der Waals surface area contributed by atoms with Crippen LogP contribution in [0.1, 0.15) is 56.3 Å². The number of alkyl halides is 1. The van der Waals surface area contributed by atoms with E-state index in [1.54, 1.807) is 55.1 Å². The summed E-state index contributed by atoms with van der Waals surface area (Å²) in [5.41, 5.74) is 5.81. The molecule has 2 aliphatic heterocycles. The minimum atomic E-state index is -1.19. The van der Waals surface area contributed by atoms with E-state index in [1.165, 1.54) is 6.07 Å². The van der Waals surface area contributed by atoms with Gasteiger partial charge in [-0.3, -0.25) is 9.59 Å². The summed E-state index contributed by atoms with van der Waals surface area (Å²) in [4.78, 5) is 28.4. The molecule has 0 aliphatic carbocycles. The predicted octanol–water partition coefficient (Wildman–Crippen LogP) is 4.81. The van der Waals surface area contributed by atoms with Crippen LogP contribution in [0, 0.1) is 11.7 Å². The predicted molar refractivity (Wildman–Crippen MR) is 140 cm³/mol. The number of rotatable bonds is 8. The molecule has 2 aromatic rings. The molecule has 2 N–H and O–H groups in total. The number of likely N-dealkylation sites (tertiary alicyclic amines) is 2. The number of carbonyl (C=O) groups excluding carboxylic acids is 2. The van der Waals surface area contributed by atoms with Crippen molar-refractivity contribution >= 4 is 11.8 Å². The normalized spacial score (nSPS) is 19.6. The molecule has 4 rings (SSSR count). The van der Waals surface area contributed by atoms with Crippen LogP contribution in [-0.2, 0) is 4.79 Å². The number of primary amides is 1. The van der Waals surface area contributed by atoms with E-state index in [9.17, 15) is 18.4 Å². The molecule has 0 saturated carbocycles. The van der Waals surface area contributed by atoms with E-state index in [1.807, 2.05) is 0 Å². The summed E-state index contributed by atoms with van der Waals surface area (Å²) in [5, 5.41) is 0. The summed E-state index contributed by atoms with van der Waals surface area (Å²) in [7, 11) is 0. The van der Waals surface area contributed by atoms with Crippen LogP contribution >= 0.6 is 0 Å². The average molecular weight is 514 g/mol. The van der Waals surface area contributed by atoms with Gasteiger partial charge in [0.1, 0.15) is 23.3 Å². The number of nitrogens with zero attached hydrogens (tertiary/aromatic N) is 2. The number of hydrogen-bond donors (Lipinski definition) is 1. The number of carbonyl (C=O) groups is 2. The van der Waals surface area contributed by atoms with Crippen LogP contribution in [0.5, 0.6) is 5.75 Å². The number of hydrogen-bond acceptors (Lipinski definition) is 4. The Morgan fingerprint density at radius 1 is 1.03 bits per heavy atom. The van der Waals surface area contributed by atoms with E-state index in [4.69, 9.17) is 10.5 Å². The molecule has 2 aromatic carbocycles. The van der Waals surface area contributed by atoms with E-state index in [-0.39, 0.29) is 5.91 Å². The maximum Gasteiger partial charge on any atom is 0.254 e. The van der Waals surface area contributed by atoms with Gasteiger partial charge in [-0.25, -0.2) is 8.78 Å². The molecule has 37 heavy (non-hydrogen) atoms. The first kappa shape index (κ1) is 27.0. The van der Waals surface area contributed by atoms with Gasteiger partial charge in [0.2, 0.25) is 5.91 Å². The smallest absolute Gasteiger partial charge is 0.254 e. The van der Waals surface area contributed by atoms with Crippen molar-refractivity contribution in [3.05, 3.63) is 53.8 Å². The van der Waals surface area contributed by atoms with E-state index in [0.29, 0.717) is 54.5 Å². The Balaban J connectivity index is 1.33. The van der Waals surface area contributed by atoms with E-state index in [0.717, 1.165) is 38.8 Å². The van der Waals surface area contributed by atoms with E-state index in [2.05, 4.69) is 4.90 Å². The SMILES string of the molecule is CC(C)(F)CN1CCC(COc2ccc(-c3ccc(C(=O)N4CCCC[C@H]4C(N)=O)cc3)c(F)c2)CC1. The van der Waals surface area contributed by atoms with Crippen molar-refractivity contribution in [3.8, 4) is 16.9 Å². The van der Waals surface area contributed by atoms with Crippen molar-refractivity contribution in [2.45, 2.75) is 57.7 Å². The molecule has 0 aromatic heterocycles. The number of nitrogens with two attached hydrogens (primary N) is 1. The summed E-state index contributed by atoms with van der Waals surface area (Å²) >= 11 is 0. The minimum Gasteiger partial charge on any atom is -0.493 e. The molecule has 6 nitrogen and oxygen atoms in total. The standard InChI is InChI=1S/C29H37F2N3O3/c1-29(2,31)19-33-15-12-20(13-16-33)18-37-23-10-11-24(25(30)17-23)21-6-8-22(9-7-21)28(36)34-14-4-3-5-26(34)27(32)35/h6-11,17,20,26H,3-5,12-16,18-19H2,1-2H3,(H2,32,35)/t26-/m0/s1. The van der Waals surface area contributed by atoms with Gasteiger partial charge in [0.25, 0.3) is 5.91 Å². The molecule has 200 valence electrons. The van der Waals surface area contributed by atoms with Gasteiger partial charge in [0.15, 0.2) is 0 Å². The first-order chi connectivity index (χ1) is 17.6. The highest BCUT2D eigenvalue weighted by Crippen LogP contribution is 2.29. The van der Waals surface area contributed by atoms with Gasteiger partial charge < -0.3 is 20.3 Å². The van der Waals surface area contributed by atoms with Crippen LogP contribution in [0.2, 0.25) is 0 Å². The highest BCUT2D eigenvalue weighted by Gasteiger charge is 2.31. The number of benzene rings is 2. The van der Waals surface area contributed by atoms with E-state index < -0.39 is 23.4 Å². The molecular formula is C29H37F2N3O3. The number of ether oxygens (including phenoxy) is 1. The fraction of sp³-hybridized carbons (Fsp3) is 0.517. The molecule has 0 radical (unpaired) electrons. The van der Waals surface area contributed by atoms with Crippen molar-refractivity contribution in [1.82, 2.24) is 9.80 Å². The zero-order chi connectivity index (χ0) is 26.6. The third kappa shape index (κ3) is 7.06. The third-order valence-corrected chi connectivity index (χ3v) is 7.27. The van der Waals surface area contributed by atoms with Crippen molar-refractivity contribution in [3.63, 3.8) is 0 Å². The molecule has 0 bridgehead atoms. The Bertz CT molecular complexity index is 1090. The molecule has 2 heterocycles. The van der Waals surface area contributed by atoms with Crippen LogP contribution in [0.25, 0.3) is 11.1 Å². The molecule has 2 saturated heterocycles.